The molecule has 1 aliphatic heterocycles. The van der Waals surface area contributed by atoms with Gasteiger partial charge in [-0.3, -0.25) is 19.3 Å². The number of rotatable bonds is 5. The molecule has 1 aromatic rings. The van der Waals surface area contributed by atoms with Gasteiger partial charge < -0.3 is 9.84 Å². The Morgan fingerprint density at radius 2 is 2.00 bits per heavy atom. The first kappa shape index (κ1) is 14.0. The zero-order chi connectivity index (χ0) is 14.9. The van der Waals surface area contributed by atoms with Crippen LogP contribution in [0.1, 0.15) is 41.0 Å². The summed E-state index contributed by atoms with van der Waals surface area (Å²) in [5, 5.41) is 8.66. The number of carbonyl (C=O) groups is 3. The van der Waals surface area contributed by atoms with Gasteiger partial charge in [0.25, 0.3) is 11.8 Å². The van der Waals surface area contributed by atoms with E-state index in [0.29, 0.717) is 5.75 Å². The van der Waals surface area contributed by atoms with Crippen LogP contribution >= 0.6 is 0 Å². The first-order valence-corrected chi connectivity index (χ1v) is 6.29. The molecule has 1 heterocycles. The van der Waals surface area contributed by atoms with Crippen LogP contribution in [0.3, 0.4) is 0 Å². The number of nitrogens with zero attached hydrogens (tertiary/aromatic N) is 1. The average Bonchev–Trinajstić information content (AvgIpc) is 2.60. The maximum atomic E-state index is 12.3. The fraction of sp³-hybridized carbons (Fsp3) is 0.357. The molecular weight excluding hydrogens is 262 g/mol. The lowest BCUT2D eigenvalue weighted by Crippen LogP contribution is -2.32. The zero-order valence-electron chi connectivity index (χ0n) is 11.3. The number of hydrogen-bond acceptors (Lipinski definition) is 4. The smallest absolute Gasteiger partial charge is 0.305 e. The zero-order valence-corrected chi connectivity index (χ0v) is 11.3. The minimum Gasteiger partial charge on any atom is -0.490 e. The van der Waals surface area contributed by atoms with Crippen molar-refractivity contribution in [2.45, 2.75) is 26.4 Å². The highest BCUT2D eigenvalue weighted by atomic mass is 16.5. The lowest BCUT2D eigenvalue weighted by atomic mass is 10.1. The van der Waals surface area contributed by atoms with Crippen LogP contribution in [-0.4, -0.2) is 40.4 Å². The molecule has 0 unspecified atom stereocenters. The molecule has 0 radical (unpaired) electrons. The Kier molecular flexibility index (Phi) is 3.74. The molecule has 2 rings (SSSR count). The number of aliphatic carboxylic acids is 1. The Labute approximate surface area is 115 Å². The SMILES string of the molecule is CC(C)Oc1cccc2c1C(=O)N(CCC(=O)O)C2=O. The summed E-state index contributed by atoms with van der Waals surface area (Å²) in [6.07, 6.45) is -0.399. The summed E-state index contributed by atoms with van der Waals surface area (Å²) in [5.41, 5.74) is 0.482. The van der Waals surface area contributed by atoms with Gasteiger partial charge in [0.15, 0.2) is 0 Å². The normalized spacial score (nSPS) is 13.8. The van der Waals surface area contributed by atoms with Gasteiger partial charge in [0, 0.05) is 6.54 Å². The minimum atomic E-state index is -1.06. The van der Waals surface area contributed by atoms with Crippen LogP contribution in [0.25, 0.3) is 0 Å². The van der Waals surface area contributed by atoms with Gasteiger partial charge in [-0.1, -0.05) is 6.07 Å². The third kappa shape index (κ3) is 2.49. The molecule has 0 aliphatic carbocycles. The first-order chi connectivity index (χ1) is 9.41. The monoisotopic (exact) mass is 277 g/mol. The summed E-state index contributed by atoms with van der Waals surface area (Å²) in [6.45, 7) is 3.51. The van der Waals surface area contributed by atoms with Gasteiger partial charge in [0.1, 0.15) is 5.75 Å². The first-order valence-electron chi connectivity index (χ1n) is 6.29. The molecule has 2 amide bonds. The van der Waals surface area contributed by atoms with Gasteiger partial charge in [0.05, 0.1) is 23.7 Å². The molecule has 6 heteroatoms. The number of benzene rings is 1. The third-order valence-corrected chi connectivity index (χ3v) is 2.87. The molecule has 0 saturated heterocycles. The lowest BCUT2D eigenvalue weighted by molar-refractivity contribution is -0.137. The fourth-order valence-corrected chi connectivity index (χ4v) is 2.07. The van der Waals surface area contributed by atoms with Crippen molar-refractivity contribution in [3.63, 3.8) is 0 Å². The maximum Gasteiger partial charge on any atom is 0.305 e. The standard InChI is InChI=1S/C14H15NO5/c1-8(2)20-10-5-3-4-9-12(10)14(19)15(13(9)18)7-6-11(16)17/h3-5,8H,6-7H2,1-2H3,(H,16,17). The van der Waals surface area contributed by atoms with E-state index in [2.05, 4.69) is 0 Å². The Balaban J connectivity index is 2.33. The highest BCUT2D eigenvalue weighted by molar-refractivity contribution is 6.22. The molecule has 0 fully saturated rings. The number of carboxylic acids is 1. The van der Waals surface area contributed by atoms with Gasteiger partial charge >= 0.3 is 5.97 Å². The van der Waals surface area contributed by atoms with Gasteiger partial charge in [-0.15, -0.1) is 0 Å². The number of imide groups is 1. The summed E-state index contributed by atoms with van der Waals surface area (Å²) >= 11 is 0. The van der Waals surface area contributed by atoms with Crippen molar-refractivity contribution in [3.05, 3.63) is 29.3 Å². The molecule has 106 valence electrons. The van der Waals surface area contributed by atoms with E-state index in [4.69, 9.17) is 9.84 Å². The van der Waals surface area contributed by atoms with E-state index in [-0.39, 0.29) is 30.2 Å². The third-order valence-electron chi connectivity index (χ3n) is 2.87. The van der Waals surface area contributed by atoms with Gasteiger partial charge in [0.2, 0.25) is 0 Å². The molecule has 0 saturated carbocycles. The number of carbonyl (C=O) groups excluding carboxylic acids is 2. The van der Waals surface area contributed by atoms with Crippen molar-refractivity contribution >= 4 is 17.8 Å². The molecule has 6 nitrogen and oxygen atoms in total. The van der Waals surface area contributed by atoms with E-state index in [9.17, 15) is 14.4 Å². The van der Waals surface area contributed by atoms with Crippen molar-refractivity contribution in [3.8, 4) is 5.75 Å². The van der Waals surface area contributed by atoms with Crippen LogP contribution in [0.5, 0.6) is 5.75 Å². The van der Waals surface area contributed by atoms with Gasteiger partial charge in [-0.2, -0.15) is 0 Å². The molecular formula is C14H15NO5. The second kappa shape index (κ2) is 5.32. The molecule has 1 aromatic carbocycles. The van der Waals surface area contributed by atoms with Crippen LogP contribution in [-0.2, 0) is 4.79 Å². The predicted molar refractivity (Wildman–Crippen MR) is 69.8 cm³/mol. The topological polar surface area (TPSA) is 83.9 Å². The largest absolute Gasteiger partial charge is 0.490 e. The second-order valence-corrected chi connectivity index (χ2v) is 4.75. The van der Waals surface area contributed by atoms with E-state index in [1.54, 1.807) is 18.2 Å². The molecule has 0 aromatic heterocycles. The summed E-state index contributed by atoms with van der Waals surface area (Å²) < 4.78 is 5.53. The molecule has 0 atom stereocenters. The predicted octanol–water partition coefficient (Wildman–Crippen LogP) is 1.54. The van der Waals surface area contributed by atoms with Crippen molar-refractivity contribution < 1.29 is 24.2 Å². The molecule has 1 aliphatic rings. The summed E-state index contributed by atoms with van der Waals surface area (Å²) in [6, 6.07) is 4.82. The Morgan fingerprint density at radius 1 is 1.30 bits per heavy atom. The van der Waals surface area contributed by atoms with E-state index in [0.717, 1.165) is 4.90 Å². The Hall–Kier alpha value is -2.37. The van der Waals surface area contributed by atoms with Crippen LogP contribution in [0.2, 0.25) is 0 Å². The highest BCUT2D eigenvalue weighted by Gasteiger charge is 2.38. The molecule has 0 spiro atoms. The Morgan fingerprint density at radius 3 is 2.60 bits per heavy atom. The average molecular weight is 277 g/mol. The van der Waals surface area contributed by atoms with Crippen molar-refractivity contribution in [1.82, 2.24) is 4.90 Å². The van der Waals surface area contributed by atoms with E-state index >= 15 is 0 Å². The maximum absolute atomic E-state index is 12.3. The number of carboxylic acid groups (broad SMARTS) is 1. The van der Waals surface area contributed by atoms with Crippen LogP contribution in [0, 0.1) is 0 Å². The van der Waals surface area contributed by atoms with E-state index < -0.39 is 17.8 Å². The second-order valence-electron chi connectivity index (χ2n) is 4.75. The number of ether oxygens (including phenoxy) is 1. The van der Waals surface area contributed by atoms with Crippen LogP contribution in [0.15, 0.2) is 18.2 Å². The summed E-state index contributed by atoms with van der Waals surface area (Å²) in [5.74, 6) is -1.67. The molecule has 20 heavy (non-hydrogen) atoms. The van der Waals surface area contributed by atoms with Gasteiger partial charge in [-0.25, -0.2) is 0 Å². The molecule has 1 N–H and O–H groups in total. The Bertz CT molecular complexity index is 579. The summed E-state index contributed by atoms with van der Waals surface area (Å²) in [7, 11) is 0. The quantitative estimate of drug-likeness (QED) is 0.825. The number of amides is 2. The van der Waals surface area contributed by atoms with Crippen LogP contribution < -0.4 is 4.74 Å². The van der Waals surface area contributed by atoms with Crippen molar-refractivity contribution in [2.75, 3.05) is 6.54 Å². The number of hydrogen-bond donors (Lipinski definition) is 1. The van der Waals surface area contributed by atoms with E-state index in [1.807, 2.05) is 13.8 Å². The lowest BCUT2D eigenvalue weighted by Gasteiger charge is -2.13. The van der Waals surface area contributed by atoms with Gasteiger partial charge in [-0.05, 0) is 26.0 Å². The summed E-state index contributed by atoms with van der Waals surface area (Å²) in [4.78, 5) is 35.9. The van der Waals surface area contributed by atoms with Crippen molar-refractivity contribution in [1.29, 1.82) is 0 Å². The minimum absolute atomic E-state index is 0.127. The van der Waals surface area contributed by atoms with Crippen molar-refractivity contribution in [2.24, 2.45) is 0 Å². The molecule has 0 bridgehead atoms. The van der Waals surface area contributed by atoms with E-state index in [1.165, 1.54) is 0 Å². The highest BCUT2D eigenvalue weighted by Crippen LogP contribution is 2.31. The number of fused-ring (bicyclic) bond motifs is 1. The fourth-order valence-electron chi connectivity index (χ4n) is 2.07. The van der Waals surface area contributed by atoms with Crippen LogP contribution in [0.4, 0.5) is 0 Å².